The zero-order valence-electron chi connectivity index (χ0n) is 10.2. The van der Waals surface area contributed by atoms with Crippen LogP contribution in [0.4, 0.5) is 11.6 Å². The minimum Gasteiger partial charge on any atom is -0.384 e. The van der Waals surface area contributed by atoms with E-state index in [1.54, 1.807) is 23.0 Å². The van der Waals surface area contributed by atoms with E-state index < -0.39 is 10.7 Å². The van der Waals surface area contributed by atoms with Crippen molar-refractivity contribution in [3.8, 4) is 0 Å². The molecule has 2 rings (SSSR count). The summed E-state index contributed by atoms with van der Waals surface area (Å²) in [5.41, 5.74) is 13.1. The number of nitrogen functional groups attached to an aromatic ring is 2. The Bertz CT molecular complexity index is 622. The minimum atomic E-state index is -2.37. The number of nitrogens with two attached hydrogens (primary N) is 2. The topological polar surface area (TPSA) is 117 Å². The van der Waals surface area contributed by atoms with Crippen LogP contribution in [0.2, 0.25) is 0 Å². The van der Waals surface area contributed by atoms with Crippen molar-refractivity contribution in [2.45, 2.75) is 13.0 Å². The van der Waals surface area contributed by atoms with Crippen LogP contribution in [0.5, 0.6) is 0 Å². The molecular weight excluding hydrogens is 266 g/mol. The van der Waals surface area contributed by atoms with Crippen molar-refractivity contribution in [2.24, 2.45) is 0 Å². The molecule has 0 aliphatic rings. The van der Waals surface area contributed by atoms with Gasteiger partial charge in [0.05, 0.1) is 18.5 Å². The molecule has 0 saturated heterocycles. The van der Waals surface area contributed by atoms with Gasteiger partial charge in [0, 0.05) is 12.6 Å². The van der Waals surface area contributed by atoms with E-state index in [0.29, 0.717) is 24.6 Å². The summed E-state index contributed by atoms with van der Waals surface area (Å²) in [5, 5.41) is 4.10. The van der Waals surface area contributed by atoms with Crippen molar-refractivity contribution in [3.63, 3.8) is 0 Å². The number of anilines is 2. The lowest BCUT2D eigenvalue weighted by Crippen LogP contribution is -2.03. The number of pyridine rings is 1. The van der Waals surface area contributed by atoms with E-state index in [2.05, 4.69) is 10.1 Å². The van der Waals surface area contributed by atoms with E-state index in [0.717, 1.165) is 11.1 Å². The Hall–Kier alpha value is -2.09. The molecule has 0 aliphatic heterocycles. The van der Waals surface area contributed by atoms with Gasteiger partial charge in [0.25, 0.3) is 0 Å². The predicted molar refractivity (Wildman–Crippen MR) is 73.3 cm³/mol. The molecule has 0 aliphatic carbocycles. The first kappa shape index (κ1) is 13.3. The van der Waals surface area contributed by atoms with Gasteiger partial charge in [-0.25, -0.2) is 13.4 Å². The van der Waals surface area contributed by atoms with E-state index in [-0.39, 0.29) is 5.75 Å². The highest BCUT2D eigenvalue weighted by molar-refractivity contribution is 7.72. The molecule has 2 heterocycles. The molecule has 0 amide bonds. The zero-order chi connectivity index (χ0) is 13.8. The summed E-state index contributed by atoms with van der Waals surface area (Å²) in [6.45, 7) is 0.360. The molecule has 0 aromatic carbocycles. The van der Waals surface area contributed by atoms with Gasteiger partial charge in [0.2, 0.25) is 0 Å². The number of hydrogen-bond donors (Lipinski definition) is 3. The summed E-state index contributed by atoms with van der Waals surface area (Å²) in [7, 11) is -2.37. The Morgan fingerprint density at radius 2 is 1.84 bits per heavy atom. The van der Waals surface area contributed by atoms with Gasteiger partial charge in [-0.3, -0.25) is 4.68 Å². The molecule has 0 bridgehead atoms. The van der Waals surface area contributed by atoms with Crippen molar-refractivity contribution in [2.75, 3.05) is 17.2 Å². The SMILES string of the molecule is Nc1cc(Cc2cnn(CC[SH](=O)=O)c2)cc(N)n1. The fourth-order valence-corrected chi connectivity index (χ4v) is 2.15. The largest absolute Gasteiger partial charge is 0.384 e. The van der Waals surface area contributed by atoms with E-state index in [4.69, 9.17) is 11.5 Å². The molecule has 0 radical (unpaired) electrons. The van der Waals surface area contributed by atoms with Crippen LogP contribution >= 0.6 is 0 Å². The van der Waals surface area contributed by atoms with Crippen LogP contribution < -0.4 is 11.5 Å². The Labute approximate surface area is 112 Å². The van der Waals surface area contributed by atoms with Gasteiger partial charge in [-0.2, -0.15) is 5.10 Å². The standard InChI is InChI=1S/C11H15N5O2S/c12-10-4-8(5-11(13)15-10)3-9-6-14-16(7-9)1-2-19(17)18/h4-7,19H,1-3H2,(H4,12,13,15). The van der Waals surface area contributed by atoms with Crippen LogP contribution in [0.3, 0.4) is 0 Å². The molecule has 2 aromatic heterocycles. The van der Waals surface area contributed by atoms with E-state index in [9.17, 15) is 8.42 Å². The first-order chi connectivity index (χ1) is 9.02. The third-order valence-corrected chi connectivity index (χ3v) is 3.10. The van der Waals surface area contributed by atoms with E-state index >= 15 is 0 Å². The number of thiol groups is 1. The molecule has 2 aromatic rings. The number of aryl methyl sites for hydroxylation is 1. The summed E-state index contributed by atoms with van der Waals surface area (Å²) in [6, 6.07) is 3.50. The lowest BCUT2D eigenvalue weighted by atomic mass is 10.1. The minimum absolute atomic E-state index is 0.0889. The van der Waals surface area contributed by atoms with Crippen LogP contribution in [-0.2, 0) is 23.7 Å². The lowest BCUT2D eigenvalue weighted by molar-refractivity contribution is 0.598. The monoisotopic (exact) mass is 281 g/mol. The van der Waals surface area contributed by atoms with Crippen LogP contribution in [0.25, 0.3) is 0 Å². The molecular formula is C11H15N5O2S. The van der Waals surface area contributed by atoms with Crippen molar-refractivity contribution in [1.82, 2.24) is 14.8 Å². The fraction of sp³-hybridized carbons (Fsp3) is 0.273. The second-order valence-electron chi connectivity index (χ2n) is 4.17. The summed E-state index contributed by atoms with van der Waals surface area (Å²) < 4.78 is 22.6. The van der Waals surface area contributed by atoms with Gasteiger partial charge in [0.15, 0.2) is 0 Å². The number of rotatable bonds is 5. The molecule has 7 nitrogen and oxygen atoms in total. The molecule has 0 fully saturated rings. The molecule has 0 saturated carbocycles. The third-order valence-electron chi connectivity index (χ3n) is 2.53. The smallest absolute Gasteiger partial charge is 0.141 e. The highest BCUT2D eigenvalue weighted by Crippen LogP contribution is 2.13. The van der Waals surface area contributed by atoms with E-state index in [1.807, 2.05) is 6.20 Å². The highest BCUT2D eigenvalue weighted by Gasteiger charge is 2.03. The van der Waals surface area contributed by atoms with Crippen LogP contribution in [0.1, 0.15) is 11.1 Å². The van der Waals surface area contributed by atoms with Crippen LogP contribution in [-0.4, -0.2) is 28.9 Å². The Kier molecular flexibility index (Phi) is 4.00. The maximum atomic E-state index is 10.5. The first-order valence-corrected chi connectivity index (χ1v) is 7.04. The zero-order valence-corrected chi connectivity index (χ0v) is 11.1. The second kappa shape index (κ2) is 5.70. The Balaban J connectivity index is 2.06. The van der Waals surface area contributed by atoms with Crippen molar-refractivity contribution >= 4 is 22.3 Å². The molecule has 19 heavy (non-hydrogen) atoms. The summed E-state index contributed by atoms with van der Waals surface area (Å²) in [6.07, 6.45) is 4.14. The maximum Gasteiger partial charge on any atom is 0.141 e. The summed E-state index contributed by atoms with van der Waals surface area (Å²) in [4.78, 5) is 3.90. The van der Waals surface area contributed by atoms with E-state index in [1.165, 1.54) is 0 Å². The third kappa shape index (κ3) is 3.95. The Morgan fingerprint density at radius 3 is 2.47 bits per heavy atom. The quantitative estimate of drug-likeness (QED) is 0.645. The second-order valence-corrected chi connectivity index (χ2v) is 5.28. The number of hydrogen-bond acceptors (Lipinski definition) is 6. The number of nitrogens with zero attached hydrogens (tertiary/aromatic N) is 3. The molecule has 8 heteroatoms. The fourth-order valence-electron chi connectivity index (χ4n) is 1.78. The molecule has 0 unspecified atom stereocenters. The predicted octanol–water partition coefficient (Wildman–Crippen LogP) is -0.355. The maximum absolute atomic E-state index is 10.5. The molecule has 0 atom stereocenters. The van der Waals surface area contributed by atoms with Crippen molar-refractivity contribution in [3.05, 3.63) is 35.7 Å². The van der Waals surface area contributed by atoms with Crippen LogP contribution in [0.15, 0.2) is 24.5 Å². The van der Waals surface area contributed by atoms with Gasteiger partial charge >= 0.3 is 0 Å². The average molecular weight is 281 g/mol. The van der Waals surface area contributed by atoms with Gasteiger partial charge in [-0.05, 0) is 23.3 Å². The first-order valence-electron chi connectivity index (χ1n) is 5.68. The molecule has 4 N–H and O–H groups in total. The average Bonchev–Trinajstić information content (AvgIpc) is 2.72. The molecule has 0 spiro atoms. The summed E-state index contributed by atoms with van der Waals surface area (Å²) in [5.74, 6) is 0.850. The number of aromatic nitrogens is 3. The van der Waals surface area contributed by atoms with Crippen molar-refractivity contribution < 1.29 is 8.42 Å². The van der Waals surface area contributed by atoms with Gasteiger partial charge in [-0.15, -0.1) is 0 Å². The van der Waals surface area contributed by atoms with Gasteiger partial charge in [-0.1, -0.05) is 0 Å². The Morgan fingerprint density at radius 1 is 1.16 bits per heavy atom. The van der Waals surface area contributed by atoms with Crippen LogP contribution in [0, 0.1) is 0 Å². The lowest BCUT2D eigenvalue weighted by Gasteiger charge is -2.02. The van der Waals surface area contributed by atoms with Gasteiger partial charge in [0.1, 0.15) is 22.3 Å². The molecule has 102 valence electrons. The summed E-state index contributed by atoms with van der Waals surface area (Å²) >= 11 is 0. The normalized spacial score (nSPS) is 11.0. The highest BCUT2D eigenvalue weighted by atomic mass is 32.2. The van der Waals surface area contributed by atoms with Crippen molar-refractivity contribution in [1.29, 1.82) is 0 Å². The van der Waals surface area contributed by atoms with Gasteiger partial charge < -0.3 is 11.5 Å².